The molecule has 146 valence electrons. The minimum absolute atomic E-state index is 0.0417. The first kappa shape index (κ1) is 19.5. The number of urea groups is 1. The Kier molecular flexibility index (Phi) is 6.90. The molecule has 0 unspecified atom stereocenters. The van der Waals surface area contributed by atoms with Gasteiger partial charge < -0.3 is 24.4 Å². The van der Waals surface area contributed by atoms with Crippen LogP contribution in [-0.2, 0) is 15.9 Å². The van der Waals surface area contributed by atoms with Crippen molar-refractivity contribution in [2.75, 3.05) is 47.1 Å². The highest BCUT2D eigenvalue weighted by molar-refractivity contribution is 5.87. The minimum atomic E-state index is -0.0417. The maximum Gasteiger partial charge on any atom is 0.317 e. The second-order valence-corrected chi connectivity index (χ2v) is 6.67. The molecule has 1 N–H and O–H groups in total. The number of hydrogen-bond donors (Lipinski definition) is 1. The van der Waals surface area contributed by atoms with Crippen molar-refractivity contribution in [3.63, 3.8) is 0 Å². The van der Waals surface area contributed by atoms with E-state index in [1.165, 1.54) is 5.39 Å². The summed E-state index contributed by atoms with van der Waals surface area (Å²) in [5.41, 5.74) is 1.12. The molecule has 0 aliphatic carbocycles. The Morgan fingerprint density at radius 2 is 2.11 bits per heavy atom. The zero-order valence-corrected chi connectivity index (χ0v) is 16.1. The number of fused-ring (bicyclic) bond motifs is 1. The Morgan fingerprint density at radius 3 is 2.93 bits per heavy atom. The number of benzene rings is 2. The van der Waals surface area contributed by atoms with Gasteiger partial charge in [0, 0.05) is 38.9 Å². The van der Waals surface area contributed by atoms with E-state index in [9.17, 15) is 4.79 Å². The third-order valence-corrected chi connectivity index (χ3v) is 4.94. The van der Waals surface area contributed by atoms with E-state index < -0.39 is 0 Å². The molecule has 1 aliphatic heterocycles. The van der Waals surface area contributed by atoms with Crippen LogP contribution in [0.4, 0.5) is 4.79 Å². The largest absolute Gasteiger partial charge is 0.496 e. The van der Waals surface area contributed by atoms with Gasteiger partial charge >= 0.3 is 6.03 Å². The molecule has 0 saturated carbocycles. The summed E-state index contributed by atoms with van der Waals surface area (Å²) in [6.45, 7) is 2.99. The van der Waals surface area contributed by atoms with Gasteiger partial charge in [-0.1, -0.05) is 30.3 Å². The lowest BCUT2D eigenvalue weighted by Crippen LogP contribution is -2.50. The van der Waals surface area contributed by atoms with Gasteiger partial charge in [0.25, 0.3) is 0 Å². The smallest absolute Gasteiger partial charge is 0.317 e. The number of nitrogens with zero attached hydrogens (tertiary/aromatic N) is 1. The van der Waals surface area contributed by atoms with Gasteiger partial charge in [-0.25, -0.2) is 4.79 Å². The molecule has 1 atom stereocenters. The fourth-order valence-electron chi connectivity index (χ4n) is 3.50. The highest BCUT2D eigenvalue weighted by Gasteiger charge is 2.23. The third kappa shape index (κ3) is 4.90. The van der Waals surface area contributed by atoms with Crippen molar-refractivity contribution in [2.24, 2.45) is 0 Å². The summed E-state index contributed by atoms with van der Waals surface area (Å²) in [5.74, 6) is 0.856. The molecule has 0 spiro atoms. The predicted molar refractivity (Wildman–Crippen MR) is 105 cm³/mol. The summed E-state index contributed by atoms with van der Waals surface area (Å²) < 4.78 is 16.3. The molecule has 0 aromatic heterocycles. The van der Waals surface area contributed by atoms with Crippen molar-refractivity contribution in [3.05, 3.63) is 42.0 Å². The lowest BCUT2D eigenvalue weighted by atomic mass is 10.0. The Balaban J connectivity index is 1.58. The van der Waals surface area contributed by atoms with E-state index in [1.807, 2.05) is 23.1 Å². The summed E-state index contributed by atoms with van der Waals surface area (Å²) in [4.78, 5) is 14.3. The van der Waals surface area contributed by atoms with Crippen molar-refractivity contribution in [3.8, 4) is 5.75 Å². The number of carbonyl (C=O) groups excluding carboxylic acids is 1. The molecule has 1 aliphatic rings. The fourth-order valence-corrected chi connectivity index (χ4v) is 3.50. The van der Waals surface area contributed by atoms with Crippen LogP contribution in [0.3, 0.4) is 0 Å². The van der Waals surface area contributed by atoms with Crippen LogP contribution in [0.2, 0.25) is 0 Å². The summed E-state index contributed by atoms with van der Waals surface area (Å²) in [7, 11) is 3.36. The number of ether oxygens (including phenoxy) is 3. The van der Waals surface area contributed by atoms with E-state index in [0.29, 0.717) is 39.3 Å². The first-order valence-corrected chi connectivity index (χ1v) is 9.41. The molecule has 1 saturated heterocycles. The van der Waals surface area contributed by atoms with Crippen LogP contribution in [0.1, 0.15) is 12.0 Å². The van der Waals surface area contributed by atoms with Crippen LogP contribution in [0, 0.1) is 0 Å². The van der Waals surface area contributed by atoms with Gasteiger partial charge in [-0.05, 0) is 29.7 Å². The maximum atomic E-state index is 12.5. The lowest BCUT2D eigenvalue weighted by Gasteiger charge is -2.33. The van der Waals surface area contributed by atoms with Gasteiger partial charge in [0.2, 0.25) is 0 Å². The van der Waals surface area contributed by atoms with Crippen molar-refractivity contribution in [1.82, 2.24) is 10.2 Å². The molecular formula is C21H28N2O4. The van der Waals surface area contributed by atoms with Crippen LogP contribution in [-0.4, -0.2) is 64.1 Å². The van der Waals surface area contributed by atoms with Crippen molar-refractivity contribution < 1.29 is 19.0 Å². The Morgan fingerprint density at radius 1 is 1.26 bits per heavy atom. The van der Waals surface area contributed by atoms with E-state index in [-0.39, 0.29) is 12.1 Å². The van der Waals surface area contributed by atoms with Crippen LogP contribution in [0.5, 0.6) is 5.75 Å². The predicted octanol–water partition coefficient (Wildman–Crippen LogP) is 2.84. The fraction of sp³-hybridized carbons (Fsp3) is 0.476. The van der Waals surface area contributed by atoms with E-state index >= 15 is 0 Å². The number of amides is 2. The van der Waals surface area contributed by atoms with Gasteiger partial charge in [-0.3, -0.25) is 0 Å². The molecule has 0 radical (unpaired) electrons. The number of carbonyl (C=O) groups is 1. The van der Waals surface area contributed by atoms with Crippen LogP contribution < -0.4 is 10.1 Å². The first-order chi connectivity index (χ1) is 13.2. The molecule has 1 fully saturated rings. The van der Waals surface area contributed by atoms with Gasteiger partial charge in [0.15, 0.2) is 0 Å². The average Bonchev–Trinajstić information content (AvgIpc) is 2.72. The van der Waals surface area contributed by atoms with Gasteiger partial charge in [-0.15, -0.1) is 0 Å². The highest BCUT2D eigenvalue weighted by Crippen LogP contribution is 2.28. The van der Waals surface area contributed by atoms with E-state index in [1.54, 1.807) is 14.2 Å². The lowest BCUT2D eigenvalue weighted by molar-refractivity contribution is -0.0276. The van der Waals surface area contributed by atoms with Gasteiger partial charge in [-0.2, -0.15) is 0 Å². The van der Waals surface area contributed by atoms with Crippen molar-refractivity contribution >= 4 is 16.8 Å². The molecule has 2 amide bonds. The number of nitrogens with one attached hydrogen (secondary N) is 1. The minimum Gasteiger partial charge on any atom is -0.496 e. The Bertz CT molecular complexity index is 765. The average molecular weight is 372 g/mol. The molecule has 6 heteroatoms. The quantitative estimate of drug-likeness (QED) is 0.812. The van der Waals surface area contributed by atoms with E-state index in [4.69, 9.17) is 14.2 Å². The summed E-state index contributed by atoms with van der Waals surface area (Å²) in [5, 5.41) is 5.38. The van der Waals surface area contributed by atoms with Crippen LogP contribution >= 0.6 is 0 Å². The van der Waals surface area contributed by atoms with Crippen LogP contribution in [0.15, 0.2) is 36.4 Å². The second-order valence-electron chi connectivity index (χ2n) is 6.67. The summed E-state index contributed by atoms with van der Waals surface area (Å²) in [6.07, 6.45) is 1.56. The summed E-state index contributed by atoms with van der Waals surface area (Å²) in [6, 6.07) is 12.2. The second kappa shape index (κ2) is 9.58. The molecule has 3 rings (SSSR count). The number of methoxy groups -OCH3 is 2. The third-order valence-electron chi connectivity index (χ3n) is 4.94. The summed E-state index contributed by atoms with van der Waals surface area (Å²) >= 11 is 0. The highest BCUT2D eigenvalue weighted by atomic mass is 16.5. The monoisotopic (exact) mass is 372 g/mol. The molecular weight excluding hydrogens is 344 g/mol. The molecule has 1 heterocycles. The maximum absolute atomic E-state index is 12.5. The zero-order valence-electron chi connectivity index (χ0n) is 16.1. The molecule has 0 bridgehead atoms. The van der Waals surface area contributed by atoms with Gasteiger partial charge in [0.1, 0.15) is 5.75 Å². The zero-order chi connectivity index (χ0) is 19.1. The van der Waals surface area contributed by atoms with E-state index in [2.05, 4.69) is 23.5 Å². The van der Waals surface area contributed by atoms with Crippen molar-refractivity contribution in [2.45, 2.75) is 18.9 Å². The standard InChI is InChI=1S/C21H28N2O4/c1-25-13-10-17-15-23(12-14-27-17)21(24)22-11-9-19-18-6-4-3-5-16(18)7-8-20(19)26-2/h3-8,17H,9-15H2,1-2H3,(H,22,24)/t17-/m1/s1. The number of morpholine rings is 1. The van der Waals surface area contributed by atoms with Gasteiger partial charge in [0.05, 0.1) is 19.8 Å². The number of rotatable bonds is 7. The molecule has 2 aromatic carbocycles. The molecule has 6 nitrogen and oxygen atoms in total. The van der Waals surface area contributed by atoms with Crippen molar-refractivity contribution in [1.29, 1.82) is 0 Å². The van der Waals surface area contributed by atoms with E-state index in [0.717, 1.165) is 23.1 Å². The Hall–Kier alpha value is -2.31. The number of hydrogen-bond acceptors (Lipinski definition) is 4. The molecule has 2 aromatic rings. The normalized spacial score (nSPS) is 17.1. The molecule has 27 heavy (non-hydrogen) atoms. The van der Waals surface area contributed by atoms with Crippen LogP contribution in [0.25, 0.3) is 10.8 Å². The first-order valence-electron chi connectivity index (χ1n) is 9.41. The Labute approximate surface area is 160 Å². The topological polar surface area (TPSA) is 60.0 Å². The SMILES string of the molecule is COCC[C@@H]1CN(C(=O)NCCc2c(OC)ccc3ccccc23)CCO1.